The molecule has 4 nitrogen and oxygen atoms in total. The van der Waals surface area contributed by atoms with Gasteiger partial charge in [-0.3, -0.25) is 9.69 Å². The van der Waals surface area contributed by atoms with E-state index in [1.165, 1.54) is 11.8 Å². The molecule has 0 atom stereocenters. The fraction of sp³-hybridized carbons (Fsp3) is 0.222. The minimum absolute atomic E-state index is 0.0437. The number of aliphatic imine (C=N–C) groups is 1. The van der Waals surface area contributed by atoms with E-state index in [9.17, 15) is 4.79 Å². The van der Waals surface area contributed by atoms with Crippen molar-refractivity contribution in [1.29, 1.82) is 0 Å². The van der Waals surface area contributed by atoms with Gasteiger partial charge < -0.3 is 4.42 Å². The lowest BCUT2D eigenvalue weighted by Crippen LogP contribution is -2.32. The van der Waals surface area contributed by atoms with Crippen molar-refractivity contribution in [2.24, 2.45) is 10.9 Å². The van der Waals surface area contributed by atoms with E-state index >= 15 is 0 Å². The van der Waals surface area contributed by atoms with Gasteiger partial charge in [-0.2, -0.15) is 0 Å². The van der Waals surface area contributed by atoms with Crippen LogP contribution in [0.5, 0.6) is 0 Å². The Hall–Kier alpha value is -1.98. The molecule has 3 rings (SSSR count). The predicted octanol–water partition coefficient (Wildman–Crippen LogP) is 5.19. The van der Waals surface area contributed by atoms with Gasteiger partial charge in [0.15, 0.2) is 5.17 Å². The molecule has 1 aromatic heterocycles. The lowest BCUT2D eigenvalue weighted by molar-refractivity contribution is -0.122. The van der Waals surface area contributed by atoms with E-state index in [1.54, 1.807) is 35.4 Å². The van der Waals surface area contributed by atoms with Crippen LogP contribution >= 0.6 is 23.4 Å². The largest absolute Gasteiger partial charge is 0.465 e. The number of carbonyl (C=O) groups is 1. The number of furan rings is 1. The maximum Gasteiger partial charge on any atom is 0.266 e. The Labute approximate surface area is 150 Å². The maximum atomic E-state index is 12.7. The van der Waals surface area contributed by atoms with Gasteiger partial charge in [-0.25, -0.2) is 4.99 Å². The van der Waals surface area contributed by atoms with Crippen molar-refractivity contribution < 1.29 is 9.21 Å². The van der Waals surface area contributed by atoms with Gasteiger partial charge in [0.2, 0.25) is 0 Å². The first kappa shape index (κ1) is 16.9. The highest BCUT2D eigenvalue weighted by molar-refractivity contribution is 8.18. The topological polar surface area (TPSA) is 45.8 Å². The van der Waals surface area contributed by atoms with Crippen LogP contribution in [0, 0.1) is 5.92 Å². The van der Waals surface area contributed by atoms with Crippen molar-refractivity contribution in [2.75, 3.05) is 6.54 Å². The summed E-state index contributed by atoms with van der Waals surface area (Å²) in [4.78, 5) is 19.7. The van der Waals surface area contributed by atoms with Crippen molar-refractivity contribution in [3.63, 3.8) is 0 Å². The minimum Gasteiger partial charge on any atom is -0.465 e. The zero-order chi connectivity index (χ0) is 17.1. The quantitative estimate of drug-likeness (QED) is 0.704. The highest BCUT2D eigenvalue weighted by Gasteiger charge is 2.33. The molecule has 1 aromatic carbocycles. The van der Waals surface area contributed by atoms with Gasteiger partial charge in [0.05, 0.1) is 16.9 Å². The van der Waals surface area contributed by atoms with Crippen molar-refractivity contribution in [1.82, 2.24) is 4.90 Å². The first-order valence-corrected chi connectivity index (χ1v) is 8.81. The summed E-state index contributed by atoms with van der Waals surface area (Å²) in [5.41, 5.74) is 0.766. The Morgan fingerprint density at radius 3 is 2.67 bits per heavy atom. The van der Waals surface area contributed by atoms with Crippen molar-refractivity contribution in [2.45, 2.75) is 13.8 Å². The molecule has 0 N–H and O–H groups in total. The van der Waals surface area contributed by atoms with Gasteiger partial charge in [0, 0.05) is 17.6 Å². The second-order valence-electron chi connectivity index (χ2n) is 5.81. The molecule has 2 aromatic rings. The summed E-state index contributed by atoms with van der Waals surface area (Å²) in [6, 6.07) is 10.9. The molecular formula is C18H17ClN2O2S. The third-order valence-corrected chi connectivity index (χ3v) is 4.56. The summed E-state index contributed by atoms with van der Waals surface area (Å²) in [6.45, 7) is 4.77. The van der Waals surface area contributed by atoms with Crippen LogP contribution in [0.4, 0.5) is 5.69 Å². The number of benzene rings is 1. The molecule has 124 valence electrons. The fourth-order valence-electron chi connectivity index (χ4n) is 2.25. The van der Waals surface area contributed by atoms with E-state index in [0.717, 1.165) is 5.69 Å². The van der Waals surface area contributed by atoms with Crippen LogP contribution in [0.25, 0.3) is 6.08 Å². The van der Waals surface area contributed by atoms with E-state index in [1.807, 2.05) is 18.2 Å². The molecule has 0 aliphatic carbocycles. The zero-order valence-corrected chi connectivity index (χ0v) is 15.0. The van der Waals surface area contributed by atoms with Crippen LogP contribution in [-0.4, -0.2) is 22.5 Å². The number of amidine groups is 1. The van der Waals surface area contributed by atoms with Crippen molar-refractivity contribution in [3.8, 4) is 0 Å². The van der Waals surface area contributed by atoms with Crippen LogP contribution in [-0.2, 0) is 4.79 Å². The van der Waals surface area contributed by atoms with Gasteiger partial charge in [0.1, 0.15) is 5.76 Å². The molecule has 0 spiro atoms. The summed E-state index contributed by atoms with van der Waals surface area (Å²) < 4.78 is 5.31. The molecule has 1 aliphatic rings. The molecule has 6 heteroatoms. The van der Waals surface area contributed by atoms with Crippen molar-refractivity contribution in [3.05, 3.63) is 58.3 Å². The van der Waals surface area contributed by atoms with Crippen LogP contribution < -0.4 is 0 Å². The molecule has 0 unspecified atom stereocenters. The summed E-state index contributed by atoms with van der Waals surface area (Å²) in [6.07, 6.45) is 3.34. The maximum absolute atomic E-state index is 12.7. The lowest BCUT2D eigenvalue weighted by Gasteiger charge is -2.17. The van der Waals surface area contributed by atoms with Gasteiger partial charge >= 0.3 is 0 Å². The second-order valence-corrected chi connectivity index (χ2v) is 7.25. The Balaban J connectivity index is 1.93. The standard InChI is InChI=1S/C18H17ClN2O2S/c1-12(2)11-21-17(22)16(10-15-4-3-9-23-15)24-18(21)20-14-7-5-13(19)6-8-14/h3-10,12H,11H2,1-2H3/b16-10-,20-18?. The first-order chi connectivity index (χ1) is 11.5. The second kappa shape index (κ2) is 7.28. The average Bonchev–Trinajstić information content (AvgIpc) is 3.14. The van der Waals surface area contributed by atoms with Gasteiger partial charge in [-0.15, -0.1) is 0 Å². The molecule has 2 heterocycles. The van der Waals surface area contributed by atoms with E-state index in [-0.39, 0.29) is 5.91 Å². The Bertz CT molecular complexity index is 780. The lowest BCUT2D eigenvalue weighted by atomic mass is 10.2. The Morgan fingerprint density at radius 1 is 1.29 bits per heavy atom. The molecule has 1 aliphatic heterocycles. The van der Waals surface area contributed by atoms with Crippen LogP contribution in [0.2, 0.25) is 5.02 Å². The number of hydrogen-bond donors (Lipinski definition) is 0. The fourth-order valence-corrected chi connectivity index (χ4v) is 3.36. The number of halogens is 1. The van der Waals surface area contributed by atoms with E-state index < -0.39 is 0 Å². The molecule has 0 bridgehead atoms. The number of nitrogens with zero attached hydrogens (tertiary/aromatic N) is 2. The average molecular weight is 361 g/mol. The highest BCUT2D eigenvalue weighted by atomic mass is 35.5. The minimum atomic E-state index is -0.0437. The van der Waals surface area contributed by atoms with Gasteiger partial charge in [0.25, 0.3) is 5.91 Å². The molecule has 24 heavy (non-hydrogen) atoms. The van der Waals surface area contributed by atoms with Crippen LogP contribution in [0.15, 0.2) is 57.0 Å². The highest BCUT2D eigenvalue weighted by Crippen LogP contribution is 2.34. The number of hydrogen-bond acceptors (Lipinski definition) is 4. The monoisotopic (exact) mass is 360 g/mol. The number of thioether (sulfide) groups is 1. The SMILES string of the molecule is CC(C)CN1C(=O)/C(=C/c2ccco2)SC1=Nc1ccc(Cl)cc1. The van der Waals surface area contributed by atoms with E-state index in [4.69, 9.17) is 16.0 Å². The summed E-state index contributed by atoms with van der Waals surface area (Å²) in [5.74, 6) is 0.953. The number of carbonyl (C=O) groups excluding carboxylic acids is 1. The molecule has 0 radical (unpaired) electrons. The smallest absolute Gasteiger partial charge is 0.266 e. The normalized spacial score (nSPS) is 18.3. The van der Waals surface area contributed by atoms with Crippen LogP contribution in [0.3, 0.4) is 0 Å². The molecule has 1 saturated heterocycles. The molecular weight excluding hydrogens is 344 g/mol. The van der Waals surface area contributed by atoms with Gasteiger partial charge in [-0.1, -0.05) is 25.4 Å². The van der Waals surface area contributed by atoms with Crippen molar-refractivity contribution >= 4 is 46.2 Å². The zero-order valence-electron chi connectivity index (χ0n) is 13.4. The number of amides is 1. The predicted molar refractivity (Wildman–Crippen MR) is 99.4 cm³/mol. The molecule has 1 fully saturated rings. The summed E-state index contributed by atoms with van der Waals surface area (Å²) in [5, 5.41) is 1.33. The molecule has 0 saturated carbocycles. The van der Waals surface area contributed by atoms with Gasteiger partial charge in [-0.05, 0) is 54.1 Å². The summed E-state index contributed by atoms with van der Waals surface area (Å²) >= 11 is 7.27. The van der Waals surface area contributed by atoms with E-state index in [2.05, 4.69) is 18.8 Å². The molecule has 1 amide bonds. The number of rotatable bonds is 4. The first-order valence-electron chi connectivity index (χ1n) is 7.62. The summed E-state index contributed by atoms with van der Waals surface area (Å²) in [7, 11) is 0. The van der Waals surface area contributed by atoms with Crippen LogP contribution in [0.1, 0.15) is 19.6 Å². The Kier molecular flexibility index (Phi) is 5.11. The third kappa shape index (κ3) is 3.91. The third-order valence-electron chi connectivity index (χ3n) is 3.30. The van der Waals surface area contributed by atoms with E-state index in [0.29, 0.717) is 33.3 Å². The Morgan fingerprint density at radius 2 is 2.04 bits per heavy atom.